The van der Waals surface area contributed by atoms with Crippen molar-refractivity contribution in [2.24, 2.45) is 0 Å². The maximum atomic E-state index is 12.8. The van der Waals surface area contributed by atoms with Gasteiger partial charge in [-0.1, -0.05) is 0 Å². The van der Waals surface area contributed by atoms with Crippen LogP contribution in [0, 0.1) is 10.1 Å². The Kier molecular flexibility index (Phi) is 4.03. The Bertz CT molecular complexity index is 935. The fraction of sp³-hybridized carbons (Fsp3) is 0.200. The van der Waals surface area contributed by atoms with E-state index in [0.29, 0.717) is 6.20 Å². The van der Waals surface area contributed by atoms with Gasteiger partial charge in [-0.15, -0.1) is 0 Å². The van der Waals surface area contributed by atoms with E-state index in [9.17, 15) is 33.5 Å². The van der Waals surface area contributed by atoms with Crippen LogP contribution in [0.25, 0.3) is 11.5 Å². The highest BCUT2D eigenvalue weighted by Gasteiger charge is 2.39. The number of oxazole rings is 1. The van der Waals surface area contributed by atoms with Crippen molar-refractivity contribution in [1.82, 2.24) is 9.97 Å². The van der Waals surface area contributed by atoms with Gasteiger partial charge in [-0.05, 0) is 12.1 Å². The van der Waals surface area contributed by atoms with Crippen LogP contribution in [0.4, 0.5) is 13.2 Å². The lowest BCUT2D eigenvalue weighted by atomic mass is 9.90. The molecule has 3 rings (SSSR count). The first kappa shape index (κ1) is 17.6. The summed E-state index contributed by atoms with van der Waals surface area (Å²) >= 11 is 0. The van der Waals surface area contributed by atoms with Crippen molar-refractivity contribution in [2.45, 2.75) is 18.2 Å². The third-order valence-corrected chi connectivity index (χ3v) is 3.65. The largest absolute Gasteiger partial charge is 0.508 e. The zero-order valence-electron chi connectivity index (χ0n) is 12.8. The van der Waals surface area contributed by atoms with Crippen molar-refractivity contribution in [3.8, 4) is 11.5 Å². The predicted octanol–water partition coefficient (Wildman–Crippen LogP) is 2.95. The molecule has 0 saturated heterocycles. The standard InChI is InChI=1S/C15H10F3N3O5/c16-15(17,18)9-1-8(5-19-6-9)13-20-12(7-26-13)14(23)3-10(21(24)25)2-11(22)4-14/h1-2,4-7,22-23H,3H2. The van der Waals surface area contributed by atoms with Crippen molar-refractivity contribution in [1.29, 1.82) is 0 Å². The van der Waals surface area contributed by atoms with E-state index in [1.807, 2.05) is 0 Å². The third kappa shape index (κ3) is 3.28. The van der Waals surface area contributed by atoms with E-state index in [1.54, 1.807) is 0 Å². The minimum atomic E-state index is -4.61. The maximum absolute atomic E-state index is 12.8. The number of aromatic nitrogens is 2. The van der Waals surface area contributed by atoms with E-state index in [0.717, 1.165) is 30.7 Å². The summed E-state index contributed by atoms with van der Waals surface area (Å²) in [5, 5.41) is 31.1. The summed E-state index contributed by atoms with van der Waals surface area (Å²) in [4.78, 5) is 17.5. The number of allylic oxidation sites excluding steroid dienone is 1. The van der Waals surface area contributed by atoms with Gasteiger partial charge in [-0.2, -0.15) is 13.2 Å². The molecule has 0 radical (unpaired) electrons. The molecule has 2 N–H and O–H groups in total. The number of aliphatic hydroxyl groups is 2. The highest BCUT2D eigenvalue weighted by molar-refractivity contribution is 5.53. The molecule has 2 aromatic heterocycles. The monoisotopic (exact) mass is 369 g/mol. The van der Waals surface area contributed by atoms with E-state index in [4.69, 9.17) is 4.42 Å². The van der Waals surface area contributed by atoms with Gasteiger partial charge in [0.05, 0.1) is 28.5 Å². The van der Waals surface area contributed by atoms with Crippen LogP contribution >= 0.6 is 0 Å². The molecule has 0 aromatic carbocycles. The second kappa shape index (κ2) is 5.95. The lowest BCUT2D eigenvalue weighted by Crippen LogP contribution is -2.28. The van der Waals surface area contributed by atoms with Crippen molar-refractivity contribution < 1.29 is 32.7 Å². The van der Waals surface area contributed by atoms with Gasteiger partial charge in [0.15, 0.2) is 0 Å². The van der Waals surface area contributed by atoms with E-state index in [2.05, 4.69) is 9.97 Å². The first-order chi connectivity index (χ1) is 12.1. The van der Waals surface area contributed by atoms with Gasteiger partial charge in [0.1, 0.15) is 23.3 Å². The summed E-state index contributed by atoms with van der Waals surface area (Å²) in [7, 11) is 0. The Morgan fingerprint density at radius 3 is 2.73 bits per heavy atom. The molecular formula is C15H10F3N3O5. The molecule has 0 spiro atoms. The molecule has 136 valence electrons. The lowest BCUT2D eigenvalue weighted by Gasteiger charge is -2.23. The van der Waals surface area contributed by atoms with Gasteiger partial charge in [0, 0.05) is 12.4 Å². The molecule has 8 nitrogen and oxygen atoms in total. The van der Waals surface area contributed by atoms with Gasteiger partial charge in [-0.25, -0.2) is 4.98 Å². The van der Waals surface area contributed by atoms with Crippen molar-refractivity contribution in [2.75, 3.05) is 0 Å². The van der Waals surface area contributed by atoms with Crippen molar-refractivity contribution in [3.63, 3.8) is 0 Å². The Labute approximate surface area is 143 Å². The molecule has 1 unspecified atom stereocenters. The number of rotatable bonds is 3. The SMILES string of the molecule is O=[N+]([O-])C1=CC(O)=CC(O)(c2coc(-c3cncc(C(F)(F)F)c3)n2)C1. The minimum Gasteiger partial charge on any atom is -0.508 e. The van der Waals surface area contributed by atoms with Gasteiger partial charge in [-0.3, -0.25) is 15.1 Å². The Morgan fingerprint density at radius 1 is 1.35 bits per heavy atom. The summed E-state index contributed by atoms with van der Waals surface area (Å²) in [6, 6.07) is 0.767. The number of halogens is 3. The van der Waals surface area contributed by atoms with Crippen LogP contribution in [0.3, 0.4) is 0 Å². The minimum absolute atomic E-state index is 0.0938. The summed E-state index contributed by atoms with van der Waals surface area (Å²) in [6.45, 7) is 0. The van der Waals surface area contributed by atoms with E-state index >= 15 is 0 Å². The summed E-state index contributed by atoms with van der Waals surface area (Å²) < 4.78 is 43.4. The molecule has 0 saturated carbocycles. The average Bonchev–Trinajstić information content (AvgIpc) is 3.04. The quantitative estimate of drug-likeness (QED) is 0.630. The van der Waals surface area contributed by atoms with Gasteiger partial charge < -0.3 is 14.6 Å². The van der Waals surface area contributed by atoms with Crippen LogP contribution in [0.2, 0.25) is 0 Å². The Hall–Kier alpha value is -3.21. The van der Waals surface area contributed by atoms with Crippen LogP contribution < -0.4 is 0 Å². The van der Waals surface area contributed by atoms with Crippen LogP contribution in [0.1, 0.15) is 17.7 Å². The molecule has 2 aromatic rings. The van der Waals surface area contributed by atoms with Gasteiger partial charge >= 0.3 is 6.18 Å². The normalized spacial score (nSPS) is 20.5. The fourth-order valence-corrected chi connectivity index (χ4v) is 2.43. The number of aliphatic hydroxyl groups excluding tert-OH is 1. The second-order valence-corrected chi connectivity index (χ2v) is 5.56. The van der Waals surface area contributed by atoms with Crippen molar-refractivity contribution >= 4 is 0 Å². The van der Waals surface area contributed by atoms with E-state index < -0.39 is 40.1 Å². The number of hydrogen-bond donors (Lipinski definition) is 2. The zero-order valence-corrected chi connectivity index (χ0v) is 12.8. The van der Waals surface area contributed by atoms with E-state index in [1.165, 1.54) is 0 Å². The second-order valence-electron chi connectivity index (χ2n) is 5.56. The molecule has 1 atom stereocenters. The smallest absolute Gasteiger partial charge is 0.417 e. The zero-order chi connectivity index (χ0) is 19.1. The number of alkyl halides is 3. The highest BCUT2D eigenvalue weighted by atomic mass is 19.4. The number of nitrogens with zero attached hydrogens (tertiary/aromatic N) is 3. The molecule has 0 aliphatic heterocycles. The van der Waals surface area contributed by atoms with Gasteiger partial charge in [0.25, 0.3) is 5.70 Å². The molecule has 1 aliphatic rings. The molecule has 26 heavy (non-hydrogen) atoms. The average molecular weight is 369 g/mol. The molecule has 0 fully saturated rings. The van der Waals surface area contributed by atoms with Crippen LogP contribution in [0.15, 0.2) is 52.7 Å². The van der Waals surface area contributed by atoms with Gasteiger partial charge in [0.2, 0.25) is 5.89 Å². The number of hydrogen-bond acceptors (Lipinski definition) is 7. The summed E-state index contributed by atoms with van der Waals surface area (Å²) in [6.07, 6.45) is -0.625. The Balaban J connectivity index is 1.96. The summed E-state index contributed by atoms with van der Waals surface area (Å²) in [5.74, 6) is -0.812. The first-order valence-electron chi connectivity index (χ1n) is 7.06. The lowest BCUT2D eigenvalue weighted by molar-refractivity contribution is -0.431. The van der Waals surface area contributed by atoms with Crippen LogP contribution in [-0.2, 0) is 11.8 Å². The third-order valence-electron chi connectivity index (χ3n) is 3.65. The number of pyridine rings is 1. The molecular weight excluding hydrogens is 359 g/mol. The van der Waals surface area contributed by atoms with Crippen LogP contribution in [-0.4, -0.2) is 25.1 Å². The molecule has 1 aliphatic carbocycles. The van der Waals surface area contributed by atoms with Crippen molar-refractivity contribution in [3.05, 3.63) is 69.7 Å². The molecule has 11 heteroatoms. The predicted molar refractivity (Wildman–Crippen MR) is 79.0 cm³/mol. The molecule has 2 heterocycles. The Morgan fingerprint density at radius 2 is 2.08 bits per heavy atom. The maximum Gasteiger partial charge on any atom is 0.417 e. The highest BCUT2D eigenvalue weighted by Crippen LogP contribution is 2.36. The number of nitro groups is 1. The fourth-order valence-electron chi connectivity index (χ4n) is 2.43. The molecule has 0 bridgehead atoms. The molecule has 0 amide bonds. The first-order valence-corrected chi connectivity index (χ1v) is 7.06. The van der Waals surface area contributed by atoms with E-state index in [-0.39, 0.29) is 17.1 Å². The topological polar surface area (TPSA) is 123 Å². The van der Waals surface area contributed by atoms with Crippen LogP contribution in [0.5, 0.6) is 0 Å². The summed E-state index contributed by atoms with van der Waals surface area (Å²) in [5.41, 5.74) is -3.81.